The van der Waals surface area contributed by atoms with E-state index >= 15 is 0 Å². The van der Waals surface area contributed by atoms with Crippen molar-refractivity contribution in [3.8, 4) is 0 Å². The third-order valence-corrected chi connectivity index (χ3v) is 33.8. The fraction of sp³-hybridized carbons (Fsp3) is 0.333. The van der Waals surface area contributed by atoms with Crippen LogP contribution < -0.4 is 35.2 Å². The van der Waals surface area contributed by atoms with Crippen LogP contribution in [0.25, 0.3) is 0 Å². The van der Waals surface area contributed by atoms with E-state index in [0.717, 1.165) is 30.9 Å². The van der Waals surface area contributed by atoms with E-state index in [4.69, 9.17) is 0 Å². The number of rotatable bonds is 5. The van der Waals surface area contributed by atoms with E-state index in [0.29, 0.717) is 0 Å². The van der Waals surface area contributed by atoms with Crippen LogP contribution in [-0.2, 0) is 20.9 Å². The van der Waals surface area contributed by atoms with Gasteiger partial charge in [0, 0.05) is 0 Å². The van der Waals surface area contributed by atoms with Crippen LogP contribution >= 0.6 is 0 Å². The molecule has 0 N–H and O–H groups in total. The molecule has 175 valence electrons. The van der Waals surface area contributed by atoms with E-state index in [-0.39, 0.29) is 24.8 Å². The number of hydrogen-bond donors (Lipinski definition) is 0. The van der Waals surface area contributed by atoms with Crippen molar-refractivity contribution in [3.63, 3.8) is 0 Å². The van der Waals surface area contributed by atoms with Gasteiger partial charge in [0.05, 0.1) is 0 Å². The van der Waals surface area contributed by atoms with Crippen LogP contribution in [-0.4, -0.2) is 5.92 Å². The van der Waals surface area contributed by atoms with Crippen molar-refractivity contribution in [2.75, 3.05) is 0 Å². The van der Waals surface area contributed by atoms with Crippen molar-refractivity contribution in [3.05, 3.63) is 109 Å². The monoisotopic (exact) mass is 581 g/mol. The Morgan fingerprint density at radius 1 is 0.529 bits per heavy atom. The zero-order chi connectivity index (χ0) is 21.3. The average Bonchev–Trinajstić information content (AvgIpc) is 3.48. The maximum Gasteiger partial charge on any atom is -1.00 e. The minimum absolute atomic E-state index is 0. The Hall–Kier alpha value is -0.920. The van der Waals surface area contributed by atoms with Gasteiger partial charge in [0.15, 0.2) is 0 Å². The second-order valence-corrected chi connectivity index (χ2v) is 26.6. The maximum atomic E-state index is 2.62. The van der Waals surface area contributed by atoms with Crippen LogP contribution in [0, 0.1) is 23.7 Å². The van der Waals surface area contributed by atoms with Gasteiger partial charge >= 0.3 is 203 Å². The molecule has 4 aliphatic rings. The molecule has 0 aliphatic heterocycles. The van der Waals surface area contributed by atoms with Crippen molar-refractivity contribution < 1.29 is 45.7 Å². The molecule has 0 spiro atoms. The Kier molecular flexibility index (Phi) is 9.14. The molecular formula is C30H33Cl2SiZr. The summed E-state index contributed by atoms with van der Waals surface area (Å²) in [6.45, 7) is 0. The quantitative estimate of drug-likeness (QED) is 0.436. The molecular weight excluding hydrogens is 551 g/mol. The van der Waals surface area contributed by atoms with Gasteiger partial charge in [-0.15, -0.1) is 0 Å². The Morgan fingerprint density at radius 2 is 0.941 bits per heavy atom. The second kappa shape index (κ2) is 11.9. The van der Waals surface area contributed by atoms with Gasteiger partial charge in [-0.25, -0.2) is 0 Å². The average molecular weight is 584 g/mol. The molecule has 0 nitrogen and oxygen atoms in total. The molecule has 4 aliphatic carbocycles. The summed E-state index contributed by atoms with van der Waals surface area (Å²) in [6, 6.07) is 23.6. The summed E-state index contributed by atoms with van der Waals surface area (Å²) in [4.78, 5) is 0. The fourth-order valence-corrected chi connectivity index (χ4v) is 37.7. The summed E-state index contributed by atoms with van der Waals surface area (Å²) >= 11 is -1.93. The molecule has 34 heavy (non-hydrogen) atoms. The van der Waals surface area contributed by atoms with Crippen LogP contribution in [0.15, 0.2) is 109 Å². The van der Waals surface area contributed by atoms with E-state index in [2.05, 4.69) is 109 Å². The van der Waals surface area contributed by atoms with Crippen molar-refractivity contribution >= 4 is 16.3 Å². The normalized spacial score (nSPS) is 30.4. The summed E-state index contributed by atoms with van der Waals surface area (Å²) in [7, 11) is 0. The number of hydrogen-bond acceptors (Lipinski definition) is 0. The number of halogens is 2. The van der Waals surface area contributed by atoms with Crippen LogP contribution in [0.2, 0.25) is 7.25 Å². The minimum atomic E-state index is -1.93. The first-order valence-corrected chi connectivity index (χ1v) is 21.4. The maximum absolute atomic E-state index is 2.62. The number of fused-ring (bicyclic) bond motifs is 2. The predicted molar refractivity (Wildman–Crippen MR) is 136 cm³/mol. The molecule has 6 unspecified atom stereocenters. The van der Waals surface area contributed by atoms with Crippen molar-refractivity contribution in [2.45, 2.75) is 32.9 Å². The van der Waals surface area contributed by atoms with Crippen molar-refractivity contribution in [2.24, 2.45) is 23.7 Å². The standard InChI is InChI=1S/C12H11Si.2C9H11.2ClH.Zr/c1-3-7-11(8-4-1)13-12-9-5-2-6-10-12;2*1-2-5-9-7-3-6-8(9)4-1;;;/h1-10,13H;2*1-2,4-6,8-9H,3,7H2;2*1H;/q;;;;;+2/p-2. The molecule has 0 radical (unpaired) electrons. The molecule has 0 bridgehead atoms. The van der Waals surface area contributed by atoms with Crippen LogP contribution in [0.4, 0.5) is 0 Å². The molecule has 0 heterocycles. The van der Waals surface area contributed by atoms with Gasteiger partial charge in [-0.2, -0.15) is 0 Å². The third kappa shape index (κ3) is 4.99. The molecule has 2 aromatic rings. The number of benzene rings is 2. The van der Waals surface area contributed by atoms with Crippen LogP contribution in [0.5, 0.6) is 0 Å². The topological polar surface area (TPSA) is 0 Å². The Labute approximate surface area is 226 Å². The van der Waals surface area contributed by atoms with Gasteiger partial charge in [-0.1, -0.05) is 0 Å². The van der Waals surface area contributed by atoms with Gasteiger partial charge in [-0.05, 0) is 0 Å². The Bertz CT molecular complexity index is 964. The Morgan fingerprint density at radius 3 is 1.38 bits per heavy atom. The summed E-state index contributed by atoms with van der Waals surface area (Å²) in [5, 5.41) is 3.45. The smallest absolute Gasteiger partial charge is 1.00 e. The molecule has 6 atom stereocenters. The van der Waals surface area contributed by atoms with E-state index in [1.807, 2.05) is 0 Å². The number of allylic oxidation sites excluding steroid dienone is 8. The van der Waals surface area contributed by atoms with Gasteiger partial charge in [0.1, 0.15) is 0 Å². The van der Waals surface area contributed by atoms with Gasteiger partial charge in [0.2, 0.25) is 0 Å². The SMILES string of the molecule is C1=CC2CC[CH]([Zr+2]([CH]3CCC4C=CC=CC43)[SiH](c3ccccc3)c3ccccc3)C2C=C1.[Cl-].[Cl-]. The van der Waals surface area contributed by atoms with E-state index in [9.17, 15) is 0 Å². The molecule has 4 heteroatoms. The van der Waals surface area contributed by atoms with Crippen molar-refractivity contribution in [1.82, 2.24) is 0 Å². The molecule has 2 aromatic carbocycles. The molecule has 0 saturated heterocycles. The van der Waals surface area contributed by atoms with E-state index < -0.39 is 26.8 Å². The van der Waals surface area contributed by atoms with Gasteiger partial charge in [-0.3, -0.25) is 0 Å². The third-order valence-electron chi connectivity index (χ3n) is 8.60. The summed E-state index contributed by atoms with van der Waals surface area (Å²) in [5.41, 5.74) is 0. The Balaban J connectivity index is 0.00000137. The second-order valence-electron chi connectivity index (χ2n) is 10.1. The first kappa shape index (κ1) is 26.2. The molecule has 0 aromatic heterocycles. The first-order chi connectivity index (χ1) is 15.9. The molecule has 0 amide bonds. The van der Waals surface area contributed by atoms with Gasteiger partial charge < -0.3 is 24.8 Å². The minimum Gasteiger partial charge on any atom is -1.00 e. The van der Waals surface area contributed by atoms with E-state index in [1.165, 1.54) is 25.7 Å². The largest absolute Gasteiger partial charge is 1.00 e. The first-order valence-electron chi connectivity index (χ1n) is 12.6. The fourth-order valence-electron chi connectivity index (χ4n) is 7.26. The molecule has 2 saturated carbocycles. The summed E-state index contributed by atoms with van der Waals surface area (Å²) < 4.78 is 2.01. The summed E-state index contributed by atoms with van der Waals surface area (Å²) in [6.07, 6.45) is 25.5. The van der Waals surface area contributed by atoms with Gasteiger partial charge in [0.25, 0.3) is 0 Å². The van der Waals surface area contributed by atoms with E-state index in [1.54, 1.807) is 10.4 Å². The predicted octanol–water partition coefficient (Wildman–Crippen LogP) is 0.0322. The summed E-state index contributed by atoms with van der Waals surface area (Å²) in [5.74, 6) is 2.03. The molecule has 2 fully saturated rings. The zero-order valence-corrected chi connectivity index (χ0v) is 24.6. The molecule has 6 rings (SSSR count). The zero-order valence-electron chi connectivity index (χ0n) is 19.5. The van der Waals surface area contributed by atoms with Crippen LogP contribution in [0.3, 0.4) is 0 Å². The van der Waals surface area contributed by atoms with Crippen molar-refractivity contribution in [1.29, 1.82) is 0 Å². The van der Waals surface area contributed by atoms with Crippen LogP contribution in [0.1, 0.15) is 25.7 Å².